The fourth-order valence-corrected chi connectivity index (χ4v) is 3.48. The van der Waals surface area contributed by atoms with Gasteiger partial charge >= 0.3 is 13.7 Å². The van der Waals surface area contributed by atoms with Crippen molar-refractivity contribution in [1.82, 2.24) is 5.32 Å². The average molecular weight is 299 g/mol. The molecule has 2 atom stereocenters. The van der Waals surface area contributed by atoms with E-state index in [1.807, 2.05) is 44.2 Å². The quantitative estimate of drug-likeness (QED) is 0.644. The van der Waals surface area contributed by atoms with Gasteiger partial charge in [-0.2, -0.15) is 0 Å². The van der Waals surface area contributed by atoms with Crippen molar-refractivity contribution < 1.29 is 23.5 Å². The molecule has 1 heterocycles. The number of nitrogens with one attached hydrogen (secondary N) is 1. The van der Waals surface area contributed by atoms with E-state index in [4.69, 9.17) is 9.26 Å². The molecule has 1 aromatic carbocycles. The van der Waals surface area contributed by atoms with Crippen molar-refractivity contribution >= 4 is 13.7 Å². The second-order valence-electron chi connectivity index (χ2n) is 5.18. The van der Waals surface area contributed by atoms with Crippen molar-refractivity contribution in [3.63, 3.8) is 0 Å². The predicted molar refractivity (Wildman–Crippen MR) is 72.9 cm³/mol. The van der Waals surface area contributed by atoms with E-state index < -0.39 is 19.2 Å². The summed E-state index contributed by atoms with van der Waals surface area (Å²) in [7, 11) is -3.75. The van der Waals surface area contributed by atoms with Crippen molar-refractivity contribution in [2.75, 3.05) is 0 Å². The lowest BCUT2D eigenvalue weighted by atomic mass is 10.1. The first kappa shape index (κ1) is 15.0. The summed E-state index contributed by atoms with van der Waals surface area (Å²) in [5, 5.41) is 2.36. The van der Waals surface area contributed by atoms with Crippen molar-refractivity contribution in [3.05, 3.63) is 35.9 Å². The lowest BCUT2D eigenvalue weighted by Crippen LogP contribution is -2.38. The Morgan fingerprint density at radius 2 is 2.05 bits per heavy atom. The van der Waals surface area contributed by atoms with Crippen LogP contribution in [0.4, 0.5) is 4.79 Å². The zero-order valence-electron chi connectivity index (χ0n) is 11.4. The van der Waals surface area contributed by atoms with Gasteiger partial charge in [-0.15, -0.1) is 0 Å². The number of carbonyl (C=O) groups is 1. The van der Waals surface area contributed by atoms with Crippen molar-refractivity contribution in [2.45, 2.75) is 32.3 Å². The standard InChI is InChI=1S/C13H18NO5P/c1-10(2)8-13(19-20(13,16)17)14-12(15)18-9-11-6-4-3-5-7-11/h3-7,10H,8-9H2,1-2H3,(H,14,15)(H,16,17). The molecule has 1 saturated heterocycles. The van der Waals surface area contributed by atoms with E-state index in [9.17, 15) is 14.3 Å². The molecular formula is C13H18NO5P. The minimum absolute atomic E-state index is 0.0974. The van der Waals surface area contributed by atoms with Gasteiger partial charge in [0.15, 0.2) is 0 Å². The van der Waals surface area contributed by atoms with Crippen molar-refractivity contribution in [3.8, 4) is 0 Å². The van der Waals surface area contributed by atoms with Crippen LogP contribution in [0, 0.1) is 5.92 Å². The average Bonchev–Trinajstić information content (AvgIpc) is 2.87. The van der Waals surface area contributed by atoms with E-state index in [1.54, 1.807) is 0 Å². The van der Waals surface area contributed by atoms with Crippen LogP contribution < -0.4 is 5.32 Å². The molecule has 1 fully saturated rings. The van der Waals surface area contributed by atoms with Crippen LogP contribution in [-0.4, -0.2) is 16.5 Å². The topological polar surface area (TPSA) is 88.2 Å². The van der Waals surface area contributed by atoms with Gasteiger partial charge in [0.2, 0.25) is 0 Å². The minimum Gasteiger partial charge on any atom is -0.445 e. The smallest absolute Gasteiger partial charge is 0.410 e. The Morgan fingerprint density at radius 1 is 1.45 bits per heavy atom. The number of hydrogen-bond acceptors (Lipinski definition) is 4. The monoisotopic (exact) mass is 299 g/mol. The fraction of sp³-hybridized carbons (Fsp3) is 0.462. The normalized spacial score (nSPS) is 28.2. The first-order valence-corrected chi connectivity index (χ1v) is 7.95. The molecule has 2 N–H and O–H groups in total. The summed E-state index contributed by atoms with van der Waals surface area (Å²) in [5.41, 5.74) is -0.640. The molecule has 6 nitrogen and oxygen atoms in total. The maximum Gasteiger partial charge on any atom is 0.410 e. The summed E-state index contributed by atoms with van der Waals surface area (Å²) < 4.78 is 21.4. The molecule has 1 aliphatic heterocycles. The van der Waals surface area contributed by atoms with Gasteiger partial charge in [0.05, 0.1) is 0 Å². The molecule has 2 unspecified atom stereocenters. The van der Waals surface area contributed by atoms with E-state index >= 15 is 0 Å². The number of carbonyl (C=O) groups excluding carboxylic acids is 1. The highest BCUT2D eigenvalue weighted by Gasteiger charge is 2.69. The summed E-state index contributed by atoms with van der Waals surface area (Å²) in [6.07, 6.45) is -0.498. The molecule has 0 radical (unpaired) electrons. The summed E-state index contributed by atoms with van der Waals surface area (Å²) in [4.78, 5) is 21.2. The molecule has 7 heteroatoms. The molecule has 1 aliphatic rings. The highest BCUT2D eigenvalue weighted by Crippen LogP contribution is 2.75. The van der Waals surface area contributed by atoms with Gasteiger partial charge in [-0.1, -0.05) is 44.2 Å². The third-order valence-electron chi connectivity index (χ3n) is 2.89. The number of alkyl carbamates (subject to hydrolysis) is 1. The second-order valence-corrected chi connectivity index (χ2v) is 7.13. The van der Waals surface area contributed by atoms with Crippen LogP contribution >= 0.6 is 7.60 Å². The molecule has 0 spiro atoms. The van der Waals surface area contributed by atoms with Crippen LogP contribution in [0.5, 0.6) is 0 Å². The van der Waals surface area contributed by atoms with Crippen LogP contribution in [0.1, 0.15) is 25.8 Å². The van der Waals surface area contributed by atoms with Gasteiger partial charge in [-0.05, 0) is 11.5 Å². The van der Waals surface area contributed by atoms with Gasteiger partial charge < -0.3 is 9.63 Å². The van der Waals surface area contributed by atoms with Crippen LogP contribution in [0.15, 0.2) is 30.3 Å². The summed E-state index contributed by atoms with van der Waals surface area (Å²) in [6, 6.07) is 9.18. The highest BCUT2D eigenvalue weighted by atomic mass is 31.2. The van der Waals surface area contributed by atoms with Crippen LogP contribution in [0.25, 0.3) is 0 Å². The predicted octanol–water partition coefficient (Wildman–Crippen LogP) is 2.83. The second kappa shape index (κ2) is 5.56. The van der Waals surface area contributed by atoms with Gasteiger partial charge in [0.1, 0.15) is 6.61 Å². The van der Waals surface area contributed by atoms with Crippen molar-refractivity contribution in [1.29, 1.82) is 0 Å². The molecule has 20 heavy (non-hydrogen) atoms. The number of rotatable bonds is 5. The van der Waals surface area contributed by atoms with E-state index in [2.05, 4.69) is 5.32 Å². The third kappa shape index (κ3) is 3.39. The maximum absolute atomic E-state index is 11.7. The van der Waals surface area contributed by atoms with Crippen LogP contribution in [-0.2, 0) is 20.4 Å². The van der Waals surface area contributed by atoms with Crippen LogP contribution in [0.2, 0.25) is 0 Å². The van der Waals surface area contributed by atoms with Gasteiger partial charge in [0.25, 0.3) is 5.47 Å². The molecule has 0 saturated carbocycles. The first-order valence-electron chi connectivity index (χ1n) is 6.37. The van der Waals surface area contributed by atoms with Crippen LogP contribution in [0.3, 0.4) is 0 Å². The molecule has 0 aromatic heterocycles. The summed E-state index contributed by atoms with van der Waals surface area (Å²) >= 11 is 0. The zero-order valence-corrected chi connectivity index (χ0v) is 12.3. The minimum atomic E-state index is -3.75. The Hall–Kier alpha value is -1.36. The Labute approximate surface area is 117 Å². The lowest BCUT2D eigenvalue weighted by molar-refractivity contribution is 0.118. The SMILES string of the molecule is CC(C)CC1(NC(=O)OCc2ccccc2)OP1(=O)O. The molecule has 0 bridgehead atoms. The highest BCUT2D eigenvalue weighted by molar-refractivity contribution is 7.60. The number of ether oxygens (including phenoxy) is 1. The molecular weight excluding hydrogens is 281 g/mol. The molecule has 0 aliphatic carbocycles. The Kier molecular flexibility index (Phi) is 4.18. The summed E-state index contributed by atoms with van der Waals surface area (Å²) in [5.74, 6) is 0.104. The lowest BCUT2D eigenvalue weighted by Gasteiger charge is -2.14. The van der Waals surface area contributed by atoms with E-state index in [0.29, 0.717) is 0 Å². The number of hydrogen-bond donors (Lipinski definition) is 2. The van der Waals surface area contributed by atoms with Gasteiger partial charge in [-0.3, -0.25) is 14.4 Å². The van der Waals surface area contributed by atoms with Gasteiger partial charge in [-0.25, -0.2) is 4.79 Å². The molecule has 110 valence electrons. The zero-order chi connectivity index (χ0) is 14.8. The van der Waals surface area contributed by atoms with E-state index in [-0.39, 0.29) is 18.9 Å². The molecule has 1 amide bonds. The number of amides is 1. The summed E-state index contributed by atoms with van der Waals surface area (Å²) in [6.45, 7) is 3.85. The third-order valence-corrected chi connectivity index (χ3v) is 4.59. The van der Waals surface area contributed by atoms with Gasteiger partial charge in [0, 0.05) is 6.42 Å². The molecule has 2 rings (SSSR count). The fourth-order valence-electron chi connectivity index (χ4n) is 1.95. The largest absolute Gasteiger partial charge is 0.445 e. The Bertz CT molecular complexity index is 533. The molecule has 1 aromatic rings. The first-order chi connectivity index (χ1) is 9.35. The Balaban J connectivity index is 1.89. The van der Waals surface area contributed by atoms with E-state index in [1.165, 1.54) is 0 Å². The maximum atomic E-state index is 11.7. The number of benzene rings is 1. The van der Waals surface area contributed by atoms with E-state index in [0.717, 1.165) is 5.56 Å². The van der Waals surface area contributed by atoms with Crippen molar-refractivity contribution in [2.24, 2.45) is 5.92 Å². The Morgan fingerprint density at radius 3 is 2.55 bits per heavy atom.